The summed E-state index contributed by atoms with van der Waals surface area (Å²) < 4.78 is 25.8. The third kappa shape index (κ3) is 4.27. The van der Waals surface area contributed by atoms with Crippen LogP contribution in [0, 0.1) is 0 Å². The highest BCUT2D eigenvalue weighted by molar-refractivity contribution is 7.92. The number of nitrogens with one attached hydrogen (secondary N) is 1. The zero-order valence-corrected chi connectivity index (χ0v) is 14.3. The van der Waals surface area contributed by atoms with E-state index >= 15 is 0 Å². The monoisotopic (exact) mass is 371 g/mol. The molecule has 1 atom stereocenters. The second-order valence-electron chi connectivity index (χ2n) is 5.68. The van der Waals surface area contributed by atoms with Gasteiger partial charge in [0, 0.05) is 6.54 Å². The van der Waals surface area contributed by atoms with E-state index in [1.54, 1.807) is 12.1 Å². The standard InChI is InChI=1S/C15H21N3O6S/c19-14(20)13(9-3-1-2-6-10-16-21)25(23,24)15-17-11-7-4-5-8-12(11)18(15)22/h4-5,7-8,13,16,21-22H,1-3,6,9-10H2,(H,19,20). The van der Waals surface area contributed by atoms with Crippen LogP contribution in [-0.4, -0.2) is 51.4 Å². The molecule has 10 heteroatoms. The number of rotatable bonds is 10. The van der Waals surface area contributed by atoms with Crippen LogP contribution in [0.4, 0.5) is 0 Å². The van der Waals surface area contributed by atoms with Crippen molar-refractivity contribution in [3.05, 3.63) is 24.3 Å². The van der Waals surface area contributed by atoms with Crippen molar-refractivity contribution in [1.82, 2.24) is 15.2 Å². The number of hydrogen-bond acceptors (Lipinski definition) is 7. The molecular weight excluding hydrogens is 350 g/mol. The third-order valence-corrected chi connectivity index (χ3v) is 5.88. The lowest BCUT2D eigenvalue weighted by molar-refractivity contribution is -0.136. The highest BCUT2D eigenvalue weighted by Gasteiger charge is 2.37. The van der Waals surface area contributed by atoms with Crippen molar-refractivity contribution in [3.63, 3.8) is 0 Å². The maximum atomic E-state index is 12.7. The number of benzene rings is 1. The normalized spacial score (nSPS) is 13.2. The van der Waals surface area contributed by atoms with Gasteiger partial charge in [-0.05, 0) is 25.0 Å². The van der Waals surface area contributed by atoms with Gasteiger partial charge in [0.1, 0.15) is 5.52 Å². The minimum Gasteiger partial charge on any atom is -0.480 e. The fraction of sp³-hybridized carbons (Fsp3) is 0.467. The fourth-order valence-corrected chi connectivity index (χ4v) is 4.16. The van der Waals surface area contributed by atoms with Crippen LogP contribution < -0.4 is 5.48 Å². The molecule has 1 unspecified atom stereocenters. The molecular formula is C15H21N3O6S. The third-order valence-electron chi connectivity index (χ3n) is 3.92. The maximum absolute atomic E-state index is 12.7. The van der Waals surface area contributed by atoms with E-state index in [4.69, 9.17) is 5.21 Å². The van der Waals surface area contributed by atoms with Gasteiger partial charge in [-0.25, -0.2) is 18.9 Å². The van der Waals surface area contributed by atoms with E-state index in [-0.39, 0.29) is 17.5 Å². The van der Waals surface area contributed by atoms with Crippen molar-refractivity contribution in [2.45, 2.75) is 42.5 Å². The van der Waals surface area contributed by atoms with Crippen molar-refractivity contribution in [2.24, 2.45) is 0 Å². The number of hydroxylamine groups is 1. The Kier molecular flexibility index (Phi) is 6.34. The second kappa shape index (κ2) is 8.28. The molecule has 0 aliphatic rings. The van der Waals surface area contributed by atoms with Crippen molar-refractivity contribution in [1.29, 1.82) is 0 Å². The fourth-order valence-electron chi connectivity index (χ4n) is 2.60. The molecule has 0 saturated carbocycles. The molecule has 0 radical (unpaired) electrons. The molecule has 0 fully saturated rings. The zero-order valence-electron chi connectivity index (χ0n) is 13.5. The number of hydrogen-bond donors (Lipinski definition) is 4. The Labute approximate surface area is 144 Å². The van der Waals surface area contributed by atoms with Gasteiger partial charge < -0.3 is 15.5 Å². The molecule has 0 saturated heterocycles. The topological polar surface area (TPSA) is 142 Å². The predicted octanol–water partition coefficient (Wildman–Crippen LogP) is 1.43. The van der Waals surface area contributed by atoms with E-state index in [2.05, 4.69) is 4.98 Å². The molecule has 138 valence electrons. The summed E-state index contributed by atoms with van der Waals surface area (Å²) in [5.74, 6) is -1.47. The Morgan fingerprint density at radius 2 is 1.88 bits per heavy atom. The molecule has 2 aromatic rings. The number of imidazole rings is 1. The number of sulfone groups is 1. The molecule has 25 heavy (non-hydrogen) atoms. The molecule has 1 aromatic carbocycles. The van der Waals surface area contributed by atoms with E-state index < -0.39 is 26.2 Å². The first-order chi connectivity index (χ1) is 11.9. The zero-order chi connectivity index (χ0) is 18.4. The quantitative estimate of drug-likeness (QED) is 0.279. The van der Waals surface area contributed by atoms with E-state index in [1.807, 2.05) is 5.48 Å². The van der Waals surface area contributed by atoms with Gasteiger partial charge in [0.05, 0.1) is 5.52 Å². The summed E-state index contributed by atoms with van der Waals surface area (Å²) in [5, 5.41) is 25.5. The number of nitrogens with zero attached hydrogens (tertiary/aromatic N) is 2. The van der Waals surface area contributed by atoms with E-state index in [9.17, 15) is 23.5 Å². The van der Waals surface area contributed by atoms with Crippen LogP contribution in [0.3, 0.4) is 0 Å². The molecule has 0 amide bonds. The molecule has 4 N–H and O–H groups in total. The lowest BCUT2D eigenvalue weighted by Gasteiger charge is -2.12. The number of carboxylic acids is 1. The molecule has 0 spiro atoms. The van der Waals surface area contributed by atoms with Gasteiger partial charge in [0.25, 0.3) is 5.16 Å². The average molecular weight is 371 g/mol. The summed E-state index contributed by atoms with van der Waals surface area (Å²) in [7, 11) is -4.34. The number of carboxylic acid groups (broad SMARTS) is 1. The summed E-state index contributed by atoms with van der Waals surface area (Å²) in [6.45, 7) is 0.426. The first kappa shape index (κ1) is 19.2. The number of para-hydroxylation sites is 2. The van der Waals surface area contributed by atoms with Crippen LogP contribution in [0.5, 0.6) is 0 Å². The highest BCUT2D eigenvalue weighted by Crippen LogP contribution is 2.24. The van der Waals surface area contributed by atoms with Gasteiger partial charge in [-0.1, -0.05) is 31.4 Å². The number of aliphatic carboxylic acids is 1. The highest BCUT2D eigenvalue weighted by atomic mass is 32.2. The van der Waals surface area contributed by atoms with Crippen LogP contribution in [0.2, 0.25) is 0 Å². The minimum atomic E-state index is -4.34. The van der Waals surface area contributed by atoms with Crippen molar-refractivity contribution >= 4 is 26.8 Å². The Morgan fingerprint density at radius 1 is 1.20 bits per heavy atom. The van der Waals surface area contributed by atoms with Gasteiger partial charge in [-0.3, -0.25) is 4.79 Å². The first-order valence-electron chi connectivity index (χ1n) is 7.90. The largest absolute Gasteiger partial charge is 0.480 e. The molecule has 9 nitrogen and oxygen atoms in total. The van der Waals surface area contributed by atoms with Gasteiger partial charge in [-0.15, -0.1) is 0 Å². The number of fused-ring (bicyclic) bond motifs is 1. The second-order valence-corrected chi connectivity index (χ2v) is 7.70. The lowest BCUT2D eigenvalue weighted by atomic mass is 10.1. The van der Waals surface area contributed by atoms with E-state index in [0.29, 0.717) is 30.5 Å². The Balaban J connectivity index is 2.18. The summed E-state index contributed by atoms with van der Waals surface area (Å²) in [5.41, 5.74) is 2.49. The number of carbonyl (C=O) groups is 1. The molecule has 0 aliphatic carbocycles. The number of aromatic nitrogens is 2. The van der Waals surface area contributed by atoms with E-state index in [1.165, 1.54) is 12.1 Å². The number of unbranched alkanes of at least 4 members (excludes halogenated alkanes) is 3. The van der Waals surface area contributed by atoms with Crippen molar-refractivity contribution in [3.8, 4) is 0 Å². The molecule has 1 aromatic heterocycles. The summed E-state index contributed by atoms with van der Waals surface area (Å²) in [6.07, 6.45) is 2.39. The lowest BCUT2D eigenvalue weighted by Crippen LogP contribution is -2.32. The molecule has 0 aliphatic heterocycles. The molecule has 1 heterocycles. The summed E-state index contributed by atoms with van der Waals surface area (Å²) in [4.78, 5) is 15.4. The summed E-state index contributed by atoms with van der Waals surface area (Å²) >= 11 is 0. The Bertz CT molecular complexity index is 833. The van der Waals surface area contributed by atoms with Crippen LogP contribution in [0.15, 0.2) is 29.4 Å². The maximum Gasteiger partial charge on any atom is 0.322 e. The van der Waals surface area contributed by atoms with Gasteiger partial charge >= 0.3 is 5.97 Å². The van der Waals surface area contributed by atoms with Gasteiger partial charge in [0.2, 0.25) is 9.84 Å². The van der Waals surface area contributed by atoms with E-state index in [0.717, 1.165) is 6.42 Å². The van der Waals surface area contributed by atoms with Crippen LogP contribution in [-0.2, 0) is 14.6 Å². The van der Waals surface area contributed by atoms with Gasteiger partial charge in [0.15, 0.2) is 5.25 Å². The summed E-state index contributed by atoms with van der Waals surface area (Å²) in [6, 6.07) is 6.28. The average Bonchev–Trinajstić information content (AvgIpc) is 2.91. The van der Waals surface area contributed by atoms with Crippen LogP contribution in [0.25, 0.3) is 11.0 Å². The Morgan fingerprint density at radius 3 is 2.52 bits per heavy atom. The molecule has 2 rings (SSSR count). The SMILES string of the molecule is O=C(O)C(CCCCCCNO)S(=O)(=O)c1nc2ccccc2n1O. The Hall–Kier alpha value is -2.17. The van der Waals surface area contributed by atoms with Crippen LogP contribution in [0.1, 0.15) is 32.1 Å². The van der Waals surface area contributed by atoms with Crippen molar-refractivity contribution < 1.29 is 28.7 Å². The van der Waals surface area contributed by atoms with Gasteiger partial charge in [-0.2, -0.15) is 4.73 Å². The smallest absolute Gasteiger partial charge is 0.322 e. The minimum absolute atomic E-state index is 0.0760. The van der Waals surface area contributed by atoms with Crippen LogP contribution >= 0.6 is 0 Å². The predicted molar refractivity (Wildman–Crippen MR) is 88.4 cm³/mol. The first-order valence-corrected chi connectivity index (χ1v) is 9.44. The molecule has 0 bridgehead atoms. The van der Waals surface area contributed by atoms with Crippen molar-refractivity contribution in [2.75, 3.05) is 6.54 Å².